The number of amides is 1. The van der Waals surface area contributed by atoms with Gasteiger partial charge in [0.1, 0.15) is 17.6 Å². The molecule has 1 saturated heterocycles. The average Bonchev–Trinajstić information content (AvgIpc) is 3.15. The Morgan fingerprint density at radius 2 is 1.78 bits per heavy atom. The fourth-order valence-corrected chi connectivity index (χ4v) is 3.89. The first-order valence-electron chi connectivity index (χ1n) is 9.63. The highest BCUT2D eigenvalue weighted by Crippen LogP contribution is 2.22. The van der Waals surface area contributed by atoms with Crippen LogP contribution in [0.1, 0.15) is 22.3 Å². The van der Waals surface area contributed by atoms with Crippen molar-refractivity contribution in [3.05, 3.63) is 59.7 Å². The van der Waals surface area contributed by atoms with Crippen molar-refractivity contribution in [1.29, 1.82) is 0 Å². The van der Waals surface area contributed by atoms with Gasteiger partial charge in [0, 0.05) is 38.3 Å². The van der Waals surface area contributed by atoms with Crippen LogP contribution in [0.15, 0.2) is 48.5 Å². The summed E-state index contributed by atoms with van der Waals surface area (Å²) in [4.78, 5) is 17.0. The Morgan fingerprint density at radius 1 is 1.00 bits per heavy atom. The first-order valence-corrected chi connectivity index (χ1v) is 9.63. The highest BCUT2D eigenvalue weighted by Gasteiger charge is 2.27. The van der Waals surface area contributed by atoms with Crippen molar-refractivity contribution in [3.8, 4) is 11.5 Å². The summed E-state index contributed by atoms with van der Waals surface area (Å²) < 4.78 is 11.3. The molecule has 142 valence electrons. The van der Waals surface area contributed by atoms with Gasteiger partial charge in [-0.2, -0.15) is 0 Å². The summed E-state index contributed by atoms with van der Waals surface area (Å²) in [5, 5.41) is 0. The lowest BCUT2D eigenvalue weighted by molar-refractivity contribution is 0.0722. The van der Waals surface area contributed by atoms with Gasteiger partial charge < -0.3 is 14.4 Å². The molecule has 0 saturated carbocycles. The molecule has 0 bridgehead atoms. The average molecular weight is 366 g/mol. The molecule has 0 aromatic heterocycles. The SMILES string of the molecule is COc1ccc(O[C@H]2CCN(CCN3CCc4ccccc4C3=O)C2)cc1. The molecule has 2 aliphatic heterocycles. The molecule has 2 aromatic rings. The second-order valence-electron chi connectivity index (χ2n) is 7.20. The summed E-state index contributed by atoms with van der Waals surface area (Å²) in [6, 6.07) is 15.7. The van der Waals surface area contributed by atoms with Crippen molar-refractivity contribution < 1.29 is 14.3 Å². The van der Waals surface area contributed by atoms with Crippen LogP contribution in [0.3, 0.4) is 0 Å². The summed E-state index contributed by atoms with van der Waals surface area (Å²) in [5.41, 5.74) is 2.04. The van der Waals surface area contributed by atoms with E-state index >= 15 is 0 Å². The Morgan fingerprint density at radius 3 is 2.59 bits per heavy atom. The number of methoxy groups -OCH3 is 1. The van der Waals surface area contributed by atoms with Gasteiger partial charge in [0.2, 0.25) is 0 Å². The van der Waals surface area contributed by atoms with Gasteiger partial charge in [0.05, 0.1) is 7.11 Å². The van der Waals surface area contributed by atoms with E-state index in [-0.39, 0.29) is 12.0 Å². The number of hydrogen-bond acceptors (Lipinski definition) is 4. The maximum atomic E-state index is 12.7. The Hall–Kier alpha value is -2.53. The number of nitrogens with zero attached hydrogens (tertiary/aromatic N) is 2. The molecule has 0 radical (unpaired) electrons. The van der Waals surface area contributed by atoms with E-state index < -0.39 is 0 Å². The second-order valence-corrected chi connectivity index (χ2v) is 7.20. The molecule has 0 unspecified atom stereocenters. The minimum Gasteiger partial charge on any atom is -0.497 e. The molecule has 0 N–H and O–H groups in total. The molecule has 2 aromatic carbocycles. The molecule has 1 amide bonds. The molecule has 4 rings (SSSR count). The summed E-state index contributed by atoms with van der Waals surface area (Å²) in [6.45, 7) is 4.42. The van der Waals surface area contributed by atoms with Gasteiger partial charge in [0.15, 0.2) is 0 Å². The van der Waals surface area contributed by atoms with Crippen molar-refractivity contribution in [2.24, 2.45) is 0 Å². The second kappa shape index (κ2) is 8.01. The summed E-state index contributed by atoms with van der Waals surface area (Å²) in [5.74, 6) is 1.88. The summed E-state index contributed by atoms with van der Waals surface area (Å²) in [6.07, 6.45) is 2.17. The Bertz CT molecular complexity index is 790. The molecule has 27 heavy (non-hydrogen) atoms. The lowest BCUT2D eigenvalue weighted by Gasteiger charge is -2.30. The maximum absolute atomic E-state index is 12.7. The number of hydrogen-bond donors (Lipinski definition) is 0. The minimum atomic E-state index is 0.169. The number of carbonyl (C=O) groups is 1. The molecule has 0 aliphatic carbocycles. The van der Waals surface area contributed by atoms with E-state index in [1.807, 2.05) is 47.4 Å². The van der Waals surface area contributed by atoms with Gasteiger partial charge in [-0.15, -0.1) is 0 Å². The number of fused-ring (bicyclic) bond motifs is 1. The van der Waals surface area contributed by atoms with Gasteiger partial charge in [-0.05, 0) is 48.7 Å². The zero-order valence-corrected chi connectivity index (χ0v) is 15.8. The predicted molar refractivity (Wildman–Crippen MR) is 105 cm³/mol. The number of rotatable bonds is 6. The monoisotopic (exact) mass is 366 g/mol. The third-order valence-electron chi connectivity index (χ3n) is 5.46. The minimum absolute atomic E-state index is 0.169. The Kier molecular flexibility index (Phi) is 5.30. The van der Waals surface area contributed by atoms with Crippen molar-refractivity contribution in [2.45, 2.75) is 18.9 Å². The molecule has 2 aliphatic rings. The van der Waals surface area contributed by atoms with Crippen LogP contribution >= 0.6 is 0 Å². The van der Waals surface area contributed by atoms with E-state index in [0.29, 0.717) is 0 Å². The highest BCUT2D eigenvalue weighted by molar-refractivity contribution is 5.96. The van der Waals surface area contributed by atoms with Crippen LogP contribution in [0.25, 0.3) is 0 Å². The van der Waals surface area contributed by atoms with Crippen LogP contribution in [-0.2, 0) is 6.42 Å². The third kappa shape index (κ3) is 4.08. The number of ether oxygens (including phenoxy) is 2. The first kappa shape index (κ1) is 17.9. The molecule has 2 heterocycles. The molecule has 5 nitrogen and oxygen atoms in total. The van der Waals surface area contributed by atoms with Crippen molar-refractivity contribution in [1.82, 2.24) is 9.80 Å². The maximum Gasteiger partial charge on any atom is 0.254 e. The predicted octanol–water partition coefficient (Wildman–Crippen LogP) is 2.85. The fourth-order valence-electron chi connectivity index (χ4n) is 3.89. The smallest absolute Gasteiger partial charge is 0.254 e. The van der Waals surface area contributed by atoms with Crippen molar-refractivity contribution >= 4 is 5.91 Å². The van der Waals surface area contributed by atoms with Crippen LogP contribution in [0.5, 0.6) is 11.5 Å². The van der Waals surface area contributed by atoms with E-state index in [1.54, 1.807) is 7.11 Å². The Balaban J connectivity index is 1.26. The highest BCUT2D eigenvalue weighted by atomic mass is 16.5. The Labute approximate surface area is 160 Å². The first-order chi connectivity index (χ1) is 13.2. The number of benzene rings is 2. The standard InChI is InChI=1S/C22H26N2O3/c1-26-18-6-8-19(9-7-18)27-20-11-12-23(16-20)14-15-24-13-10-17-4-2-3-5-21(17)22(24)25/h2-9,20H,10-16H2,1H3/t20-/m0/s1. The molecule has 0 spiro atoms. The number of carbonyl (C=O) groups excluding carboxylic acids is 1. The molecular weight excluding hydrogens is 340 g/mol. The van der Waals surface area contributed by atoms with Crippen LogP contribution in [-0.4, -0.2) is 61.6 Å². The van der Waals surface area contributed by atoms with Crippen LogP contribution in [0.4, 0.5) is 0 Å². The van der Waals surface area contributed by atoms with E-state index in [2.05, 4.69) is 11.0 Å². The van der Waals surface area contributed by atoms with Gasteiger partial charge in [-0.1, -0.05) is 18.2 Å². The largest absolute Gasteiger partial charge is 0.497 e. The van der Waals surface area contributed by atoms with E-state index in [9.17, 15) is 4.79 Å². The van der Waals surface area contributed by atoms with E-state index in [1.165, 1.54) is 5.56 Å². The van der Waals surface area contributed by atoms with Crippen LogP contribution in [0.2, 0.25) is 0 Å². The van der Waals surface area contributed by atoms with E-state index in [4.69, 9.17) is 9.47 Å². The normalized spacial score (nSPS) is 19.8. The van der Waals surface area contributed by atoms with Gasteiger partial charge in [-0.25, -0.2) is 0 Å². The molecule has 5 heteroatoms. The van der Waals surface area contributed by atoms with Crippen LogP contribution in [0, 0.1) is 0 Å². The summed E-state index contributed by atoms with van der Waals surface area (Å²) >= 11 is 0. The van der Waals surface area contributed by atoms with Crippen molar-refractivity contribution in [2.75, 3.05) is 39.8 Å². The van der Waals surface area contributed by atoms with E-state index in [0.717, 1.165) is 62.6 Å². The topological polar surface area (TPSA) is 42.0 Å². The fraction of sp³-hybridized carbons (Fsp3) is 0.409. The number of likely N-dealkylation sites (tertiary alicyclic amines) is 1. The lowest BCUT2D eigenvalue weighted by Crippen LogP contribution is -2.42. The quantitative estimate of drug-likeness (QED) is 0.788. The van der Waals surface area contributed by atoms with Crippen LogP contribution < -0.4 is 9.47 Å². The zero-order valence-electron chi connectivity index (χ0n) is 15.8. The molecule has 1 atom stereocenters. The zero-order chi connectivity index (χ0) is 18.6. The molecular formula is C22H26N2O3. The van der Waals surface area contributed by atoms with Crippen molar-refractivity contribution in [3.63, 3.8) is 0 Å². The lowest BCUT2D eigenvalue weighted by atomic mass is 9.99. The summed E-state index contributed by atoms with van der Waals surface area (Å²) in [7, 11) is 1.66. The molecule has 1 fully saturated rings. The van der Waals surface area contributed by atoms with Gasteiger partial charge >= 0.3 is 0 Å². The van der Waals surface area contributed by atoms with Gasteiger partial charge in [-0.3, -0.25) is 9.69 Å². The third-order valence-corrected chi connectivity index (χ3v) is 5.46. The van der Waals surface area contributed by atoms with Gasteiger partial charge in [0.25, 0.3) is 5.91 Å².